The number of piperazine rings is 1. The Bertz CT molecular complexity index is 247. The van der Waals surface area contributed by atoms with E-state index >= 15 is 0 Å². The van der Waals surface area contributed by atoms with E-state index in [0.29, 0.717) is 12.5 Å². The van der Waals surface area contributed by atoms with Crippen molar-refractivity contribution in [3.8, 4) is 0 Å². The molecule has 1 fully saturated rings. The average molecular weight is 316 g/mol. The van der Waals surface area contributed by atoms with E-state index in [2.05, 4.69) is 18.7 Å². The van der Waals surface area contributed by atoms with E-state index < -0.39 is 6.04 Å². The Kier molecular flexibility index (Phi) is 11.9. The molecular weight excluding hydrogens is 289 g/mol. The van der Waals surface area contributed by atoms with Gasteiger partial charge in [0, 0.05) is 39.8 Å². The molecular formula is C12H27Cl2N3O2. The lowest BCUT2D eigenvalue weighted by Crippen LogP contribution is -2.54. The van der Waals surface area contributed by atoms with Gasteiger partial charge in [0.2, 0.25) is 5.91 Å². The van der Waals surface area contributed by atoms with Crippen molar-refractivity contribution >= 4 is 30.7 Å². The molecule has 1 aliphatic rings. The Morgan fingerprint density at radius 1 is 1.21 bits per heavy atom. The van der Waals surface area contributed by atoms with Crippen LogP contribution in [-0.4, -0.2) is 68.2 Å². The standard InChI is InChI=1S/C12H25N3O2.2ClH/c1-10(2)8-14-4-6-15(7-5-14)12(16)11(13)9-17-3;;/h10-11H,4-9,13H2,1-3H3;2*1H. The van der Waals surface area contributed by atoms with Crippen molar-refractivity contribution < 1.29 is 9.53 Å². The molecule has 1 aliphatic heterocycles. The van der Waals surface area contributed by atoms with Crippen LogP contribution in [0.1, 0.15) is 13.8 Å². The second-order valence-electron chi connectivity index (χ2n) is 5.08. The molecule has 0 aromatic heterocycles. The number of nitrogens with two attached hydrogens (primary N) is 1. The van der Waals surface area contributed by atoms with E-state index in [1.165, 1.54) is 0 Å². The third-order valence-electron chi connectivity index (χ3n) is 2.97. The molecule has 1 rings (SSSR count). The molecule has 0 bridgehead atoms. The van der Waals surface area contributed by atoms with Crippen molar-refractivity contribution in [1.82, 2.24) is 9.80 Å². The fraction of sp³-hybridized carbons (Fsp3) is 0.917. The number of halogens is 2. The summed E-state index contributed by atoms with van der Waals surface area (Å²) in [7, 11) is 1.56. The monoisotopic (exact) mass is 315 g/mol. The van der Waals surface area contributed by atoms with Crippen molar-refractivity contribution in [2.45, 2.75) is 19.9 Å². The zero-order chi connectivity index (χ0) is 12.8. The van der Waals surface area contributed by atoms with Gasteiger partial charge >= 0.3 is 0 Å². The summed E-state index contributed by atoms with van der Waals surface area (Å²) in [6.45, 7) is 9.29. The molecule has 1 heterocycles. The van der Waals surface area contributed by atoms with E-state index in [0.717, 1.165) is 32.7 Å². The van der Waals surface area contributed by atoms with Crippen LogP contribution in [0.15, 0.2) is 0 Å². The highest BCUT2D eigenvalue weighted by atomic mass is 35.5. The second-order valence-corrected chi connectivity index (χ2v) is 5.08. The first-order valence-corrected chi connectivity index (χ1v) is 6.30. The summed E-state index contributed by atoms with van der Waals surface area (Å²) in [4.78, 5) is 16.2. The van der Waals surface area contributed by atoms with Crippen LogP contribution in [0.5, 0.6) is 0 Å². The second kappa shape index (κ2) is 10.7. The maximum Gasteiger partial charge on any atom is 0.241 e. The molecule has 0 aliphatic carbocycles. The molecule has 7 heteroatoms. The number of methoxy groups -OCH3 is 1. The number of nitrogens with zero attached hydrogens (tertiary/aromatic N) is 2. The van der Waals surface area contributed by atoms with Gasteiger partial charge in [-0.05, 0) is 5.92 Å². The van der Waals surface area contributed by atoms with E-state index in [9.17, 15) is 4.79 Å². The average Bonchev–Trinajstić information content (AvgIpc) is 2.28. The van der Waals surface area contributed by atoms with E-state index in [1.807, 2.05) is 4.90 Å². The van der Waals surface area contributed by atoms with Gasteiger partial charge in [0.15, 0.2) is 0 Å². The van der Waals surface area contributed by atoms with Crippen LogP contribution >= 0.6 is 24.8 Å². The lowest BCUT2D eigenvalue weighted by molar-refractivity contribution is -0.135. The van der Waals surface area contributed by atoms with Crippen LogP contribution in [0.25, 0.3) is 0 Å². The zero-order valence-corrected chi connectivity index (χ0v) is 13.6. The highest BCUT2D eigenvalue weighted by Gasteiger charge is 2.25. The molecule has 5 nitrogen and oxygen atoms in total. The predicted molar refractivity (Wildman–Crippen MR) is 82.2 cm³/mol. The van der Waals surface area contributed by atoms with Gasteiger partial charge in [-0.15, -0.1) is 24.8 Å². The summed E-state index contributed by atoms with van der Waals surface area (Å²) >= 11 is 0. The summed E-state index contributed by atoms with van der Waals surface area (Å²) in [5.41, 5.74) is 5.74. The molecule has 0 aromatic carbocycles. The van der Waals surface area contributed by atoms with Crippen molar-refractivity contribution in [3.63, 3.8) is 0 Å². The lowest BCUT2D eigenvalue weighted by atomic mass is 10.2. The topological polar surface area (TPSA) is 58.8 Å². The Hall–Kier alpha value is -0.0700. The van der Waals surface area contributed by atoms with Crippen LogP contribution in [0.2, 0.25) is 0 Å². The third-order valence-corrected chi connectivity index (χ3v) is 2.97. The van der Waals surface area contributed by atoms with Crippen molar-refractivity contribution in [1.29, 1.82) is 0 Å². The molecule has 1 saturated heterocycles. The van der Waals surface area contributed by atoms with E-state index in [1.54, 1.807) is 7.11 Å². The molecule has 0 aromatic rings. The van der Waals surface area contributed by atoms with Gasteiger partial charge in [0.1, 0.15) is 6.04 Å². The fourth-order valence-corrected chi connectivity index (χ4v) is 2.15. The molecule has 116 valence electrons. The molecule has 1 amide bonds. The van der Waals surface area contributed by atoms with Crippen LogP contribution in [0, 0.1) is 5.92 Å². The van der Waals surface area contributed by atoms with Crippen molar-refractivity contribution in [2.75, 3.05) is 46.4 Å². The quantitative estimate of drug-likeness (QED) is 0.807. The molecule has 2 N–H and O–H groups in total. The van der Waals surface area contributed by atoms with Crippen molar-refractivity contribution in [3.05, 3.63) is 0 Å². The SMILES string of the molecule is COCC(N)C(=O)N1CCN(CC(C)C)CC1.Cl.Cl. The first kappa shape index (κ1) is 21.2. The number of hydrogen-bond donors (Lipinski definition) is 1. The minimum atomic E-state index is -0.517. The third kappa shape index (κ3) is 7.32. The minimum absolute atomic E-state index is 0. The Labute approximate surface area is 128 Å². The van der Waals surface area contributed by atoms with E-state index in [4.69, 9.17) is 10.5 Å². The molecule has 1 unspecified atom stereocenters. The maximum atomic E-state index is 11.9. The Balaban J connectivity index is 0. The fourth-order valence-electron chi connectivity index (χ4n) is 2.15. The van der Waals surface area contributed by atoms with Crippen LogP contribution < -0.4 is 5.73 Å². The molecule has 0 saturated carbocycles. The minimum Gasteiger partial charge on any atom is -0.383 e. The number of hydrogen-bond acceptors (Lipinski definition) is 4. The van der Waals surface area contributed by atoms with Gasteiger partial charge in [-0.25, -0.2) is 0 Å². The van der Waals surface area contributed by atoms with Gasteiger partial charge < -0.3 is 15.4 Å². The summed E-state index contributed by atoms with van der Waals surface area (Å²) < 4.78 is 4.91. The first-order valence-electron chi connectivity index (χ1n) is 6.30. The smallest absolute Gasteiger partial charge is 0.241 e. The van der Waals surface area contributed by atoms with Gasteiger partial charge in [0.05, 0.1) is 6.61 Å². The zero-order valence-electron chi connectivity index (χ0n) is 12.0. The summed E-state index contributed by atoms with van der Waals surface area (Å²) in [5.74, 6) is 0.684. The Morgan fingerprint density at radius 3 is 2.16 bits per heavy atom. The molecule has 19 heavy (non-hydrogen) atoms. The summed E-state index contributed by atoms with van der Waals surface area (Å²) in [5, 5.41) is 0. The number of ether oxygens (including phenoxy) is 1. The highest BCUT2D eigenvalue weighted by Crippen LogP contribution is 2.06. The maximum absolute atomic E-state index is 11.9. The normalized spacial score (nSPS) is 17.6. The van der Waals surface area contributed by atoms with E-state index in [-0.39, 0.29) is 30.7 Å². The van der Waals surface area contributed by atoms with Crippen LogP contribution in [-0.2, 0) is 9.53 Å². The molecule has 0 spiro atoms. The summed E-state index contributed by atoms with van der Waals surface area (Å²) in [6, 6.07) is -0.517. The number of rotatable bonds is 5. The number of carbonyl (C=O) groups excluding carboxylic acids is 1. The molecule has 0 radical (unpaired) electrons. The summed E-state index contributed by atoms with van der Waals surface area (Å²) in [6.07, 6.45) is 0. The van der Waals surface area contributed by atoms with Gasteiger partial charge in [0.25, 0.3) is 0 Å². The number of amides is 1. The Morgan fingerprint density at radius 2 is 1.74 bits per heavy atom. The predicted octanol–water partition coefficient (Wildman–Crippen LogP) is 0.604. The first-order chi connectivity index (χ1) is 8.04. The van der Waals surface area contributed by atoms with Crippen molar-refractivity contribution in [2.24, 2.45) is 11.7 Å². The highest BCUT2D eigenvalue weighted by molar-refractivity contribution is 5.85. The van der Waals surface area contributed by atoms with Gasteiger partial charge in [-0.2, -0.15) is 0 Å². The van der Waals surface area contributed by atoms with Crippen LogP contribution in [0.3, 0.4) is 0 Å². The largest absolute Gasteiger partial charge is 0.383 e. The van der Waals surface area contributed by atoms with Crippen LogP contribution in [0.4, 0.5) is 0 Å². The van der Waals surface area contributed by atoms with Gasteiger partial charge in [-0.3, -0.25) is 9.69 Å². The number of carbonyl (C=O) groups is 1. The lowest BCUT2D eigenvalue weighted by Gasteiger charge is -2.36. The molecule has 1 atom stereocenters. The van der Waals surface area contributed by atoms with Gasteiger partial charge in [-0.1, -0.05) is 13.8 Å².